The van der Waals surface area contributed by atoms with Crippen LogP contribution in [0.15, 0.2) is 30.9 Å². The number of hydrogen-bond acceptors (Lipinski definition) is 4. The predicted octanol–water partition coefficient (Wildman–Crippen LogP) is 1.29. The van der Waals surface area contributed by atoms with Crippen molar-refractivity contribution in [1.29, 1.82) is 0 Å². The van der Waals surface area contributed by atoms with Crippen molar-refractivity contribution in [3.05, 3.63) is 42.0 Å². The van der Waals surface area contributed by atoms with Gasteiger partial charge >= 0.3 is 0 Å². The van der Waals surface area contributed by atoms with Crippen LogP contribution in [0.5, 0.6) is 0 Å². The van der Waals surface area contributed by atoms with Crippen LogP contribution in [0.1, 0.15) is 15.9 Å². The standard InChI is InChI=1S/C14H19N5O.ClH/c1-11-8-12(19-10-16-9-17-19)4-5-13(11)14(20)18(3)7-6-15-2;/h4-5,8-10,15H,6-7H2,1-3H3;1H. The molecule has 6 nitrogen and oxygen atoms in total. The van der Waals surface area contributed by atoms with Crippen LogP contribution in [0.4, 0.5) is 0 Å². The summed E-state index contributed by atoms with van der Waals surface area (Å²) in [6, 6.07) is 5.65. The Morgan fingerprint density at radius 3 is 2.76 bits per heavy atom. The fourth-order valence-electron chi connectivity index (χ4n) is 1.96. The Kier molecular flexibility index (Phi) is 6.33. The molecular formula is C14H20ClN5O. The summed E-state index contributed by atoms with van der Waals surface area (Å²) in [5, 5.41) is 7.11. The summed E-state index contributed by atoms with van der Waals surface area (Å²) in [7, 11) is 3.68. The first-order chi connectivity index (χ1) is 9.63. The second-order valence-corrected chi connectivity index (χ2v) is 4.67. The van der Waals surface area contributed by atoms with Gasteiger partial charge in [-0.05, 0) is 37.7 Å². The summed E-state index contributed by atoms with van der Waals surface area (Å²) in [6.07, 6.45) is 3.12. The number of aromatic nitrogens is 3. The average Bonchev–Trinajstić information content (AvgIpc) is 2.98. The third kappa shape index (κ3) is 4.03. The van der Waals surface area contributed by atoms with Crippen molar-refractivity contribution >= 4 is 18.3 Å². The average molecular weight is 310 g/mol. The van der Waals surface area contributed by atoms with E-state index < -0.39 is 0 Å². The monoisotopic (exact) mass is 309 g/mol. The fourth-order valence-corrected chi connectivity index (χ4v) is 1.96. The normalized spacial score (nSPS) is 10.0. The van der Waals surface area contributed by atoms with Crippen molar-refractivity contribution in [3.8, 4) is 5.69 Å². The summed E-state index contributed by atoms with van der Waals surface area (Å²) in [5.41, 5.74) is 2.54. The summed E-state index contributed by atoms with van der Waals surface area (Å²) >= 11 is 0. The molecule has 0 aliphatic heterocycles. The van der Waals surface area contributed by atoms with Crippen LogP contribution >= 0.6 is 12.4 Å². The van der Waals surface area contributed by atoms with Crippen molar-refractivity contribution in [2.45, 2.75) is 6.92 Å². The molecule has 0 aliphatic rings. The van der Waals surface area contributed by atoms with Crippen molar-refractivity contribution in [2.75, 3.05) is 27.2 Å². The van der Waals surface area contributed by atoms with Gasteiger partial charge in [-0.2, -0.15) is 5.10 Å². The Morgan fingerprint density at radius 1 is 1.43 bits per heavy atom. The van der Waals surface area contributed by atoms with E-state index in [2.05, 4.69) is 15.4 Å². The van der Waals surface area contributed by atoms with E-state index in [1.807, 2.05) is 39.2 Å². The van der Waals surface area contributed by atoms with E-state index in [-0.39, 0.29) is 18.3 Å². The Bertz CT molecular complexity index is 585. The van der Waals surface area contributed by atoms with E-state index in [9.17, 15) is 4.79 Å². The second kappa shape index (κ2) is 7.75. The number of nitrogens with one attached hydrogen (secondary N) is 1. The number of carbonyl (C=O) groups is 1. The molecule has 21 heavy (non-hydrogen) atoms. The Hall–Kier alpha value is -1.92. The smallest absolute Gasteiger partial charge is 0.253 e. The van der Waals surface area contributed by atoms with Gasteiger partial charge in [-0.1, -0.05) is 0 Å². The van der Waals surface area contributed by atoms with Crippen LogP contribution in [0.25, 0.3) is 5.69 Å². The van der Waals surface area contributed by atoms with E-state index in [4.69, 9.17) is 0 Å². The van der Waals surface area contributed by atoms with Gasteiger partial charge in [0, 0.05) is 25.7 Å². The number of benzene rings is 1. The Morgan fingerprint density at radius 2 is 2.19 bits per heavy atom. The molecule has 1 aromatic heterocycles. The maximum Gasteiger partial charge on any atom is 0.253 e. The fraction of sp³-hybridized carbons (Fsp3) is 0.357. The first-order valence-corrected chi connectivity index (χ1v) is 6.49. The molecule has 0 saturated carbocycles. The zero-order valence-electron chi connectivity index (χ0n) is 12.4. The van der Waals surface area contributed by atoms with E-state index in [0.717, 1.165) is 17.8 Å². The number of nitrogens with zero attached hydrogens (tertiary/aromatic N) is 4. The first-order valence-electron chi connectivity index (χ1n) is 6.49. The number of hydrogen-bond donors (Lipinski definition) is 1. The van der Waals surface area contributed by atoms with E-state index in [1.165, 1.54) is 6.33 Å². The van der Waals surface area contributed by atoms with Gasteiger partial charge in [-0.3, -0.25) is 4.79 Å². The van der Waals surface area contributed by atoms with Crippen LogP contribution in [0.2, 0.25) is 0 Å². The van der Waals surface area contributed by atoms with Gasteiger partial charge in [0.2, 0.25) is 0 Å². The molecule has 0 saturated heterocycles. The highest BCUT2D eigenvalue weighted by Crippen LogP contribution is 2.15. The van der Waals surface area contributed by atoms with E-state index in [0.29, 0.717) is 12.1 Å². The lowest BCUT2D eigenvalue weighted by atomic mass is 10.1. The molecular weight excluding hydrogens is 290 g/mol. The summed E-state index contributed by atoms with van der Waals surface area (Å²) in [6.45, 7) is 3.39. The lowest BCUT2D eigenvalue weighted by molar-refractivity contribution is 0.0796. The zero-order valence-corrected chi connectivity index (χ0v) is 13.2. The predicted molar refractivity (Wildman–Crippen MR) is 84.2 cm³/mol. The minimum Gasteiger partial charge on any atom is -0.340 e. The van der Waals surface area contributed by atoms with Gasteiger partial charge in [0.15, 0.2) is 0 Å². The lowest BCUT2D eigenvalue weighted by Gasteiger charge is -2.18. The number of amides is 1. The molecule has 7 heteroatoms. The van der Waals surface area contributed by atoms with Crippen molar-refractivity contribution in [2.24, 2.45) is 0 Å². The molecule has 0 fully saturated rings. The second-order valence-electron chi connectivity index (χ2n) is 4.67. The van der Waals surface area contributed by atoms with Crippen LogP contribution in [-0.2, 0) is 0 Å². The Balaban J connectivity index is 0.00000220. The van der Waals surface area contributed by atoms with Crippen LogP contribution in [0, 0.1) is 6.92 Å². The molecule has 0 spiro atoms. The molecule has 2 rings (SSSR count). The zero-order chi connectivity index (χ0) is 14.5. The SMILES string of the molecule is CNCCN(C)C(=O)c1ccc(-n2cncn2)cc1C.Cl. The minimum absolute atomic E-state index is 0. The molecule has 1 heterocycles. The van der Waals surface area contributed by atoms with Gasteiger partial charge in [0.05, 0.1) is 5.69 Å². The van der Waals surface area contributed by atoms with Gasteiger partial charge in [0.25, 0.3) is 5.91 Å². The largest absolute Gasteiger partial charge is 0.340 e. The number of aryl methyl sites for hydroxylation is 1. The topological polar surface area (TPSA) is 63.1 Å². The first kappa shape index (κ1) is 17.1. The summed E-state index contributed by atoms with van der Waals surface area (Å²) in [5.74, 6) is 0.0305. The highest BCUT2D eigenvalue weighted by molar-refractivity contribution is 5.95. The number of halogens is 1. The van der Waals surface area contributed by atoms with Gasteiger partial charge in [-0.15, -0.1) is 12.4 Å². The van der Waals surface area contributed by atoms with Gasteiger partial charge in [-0.25, -0.2) is 9.67 Å². The summed E-state index contributed by atoms with van der Waals surface area (Å²) < 4.78 is 1.67. The van der Waals surface area contributed by atoms with E-state index >= 15 is 0 Å². The van der Waals surface area contributed by atoms with Crippen molar-refractivity contribution in [1.82, 2.24) is 25.0 Å². The molecule has 0 bridgehead atoms. The maximum absolute atomic E-state index is 12.3. The minimum atomic E-state index is 0. The lowest BCUT2D eigenvalue weighted by Crippen LogP contribution is -2.33. The number of likely N-dealkylation sites (N-methyl/N-ethyl adjacent to an activating group) is 2. The highest BCUT2D eigenvalue weighted by atomic mass is 35.5. The molecule has 2 aromatic rings. The molecule has 1 N–H and O–H groups in total. The van der Waals surface area contributed by atoms with Crippen molar-refractivity contribution < 1.29 is 4.79 Å². The molecule has 1 amide bonds. The molecule has 0 radical (unpaired) electrons. The maximum atomic E-state index is 12.3. The third-order valence-corrected chi connectivity index (χ3v) is 3.17. The van der Waals surface area contributed by atoms with Crippen LogP contribution in [0.3, 0.4) is 0 Å². The molecule has 1 aromatic carbocycles. The van der Waals surface area contributed by atoms with Crippen LogP contribution < -0.4 is 5.32 Å². The molecule has 0 unspecified atom stereocenters. The molecule has 0 atom stereocenters. The van der Waals surface area contributed by atoms with Gasteiger partial charge in [0.1, 0.15) is 12.7 Å². The third-order valence-electron chi connectivity index (χ3n) is 3.17. The van der Waals surface area contributed by atoms with E-state index in [1.54, 1.807) is 15.9 Å². The summed E-state index contributed by atoms with van der Waals surface area (Å²) in [4.78, 5) is 18.0. The Labute approximate surface area is 130 Å². The number of rotatable bonds is 5. The molecule has 114 valence electrons. The quantitative estimate of drug-likeness (QED) is 0.904. The van der Waals surface area contributed by atoms with Crippen molar-refractivity contribution in [3.63, 3.8) is 0 Å². The van der Waals surface area contributed by atoms with Crippen LogP contribution in [-0.4, -0.2) is 52.8 Å². The highest BCUT2D eigenvalue weighted by Gasteiger charge is 2.14. The number of carbonyl (C=O) groups excluding carboxylic acids is 1. The van der Waals surface area contributed by atoms with Gasteiger partial charge < -0.3 is 10.2 Å². The molecule has 0 aliphatic carbocycles.